The highest BCUT2D eigenvalue weighted by Gasteiger charge is 2.20. The molecule has 0 spiro atoms. The third-order valence-electron chi connectivity index (χ3n) is 1.96. The minimum Gasteiger partial charge on any atom is -0.277 e. The second-order valence-corrected chi connectivity index (χ2v) is 4.06. The van der Waals surface area contributed by atoms with Gasteiger partial charge in [-0.15, -0.1) is 4.91 Å². The predicted octanol–water partition coefficient (Wildman–Crippen LogP) is 2.61. The van der Waals surface area contributed by atoms with E-state index in [0.717, 1.165) is 19.4 Å². The molecular weight excluding hydrogens is 152 g/mol. The Bertz CT molecular complexity index is 129. The van der Waals surface area contributed by atoms with Crippen molar-refractivity contribution in [3.63, 3.8) is 0 Å². The molecule has 0 saturated carbocycles. The van der Waals surface area contributed by atoms with Crippen LogP contribution in [0.3, 0.4) is 0 Å². The van der Waals surface area contributed by atoms with E-state index in [-0.39, 0.29) is 5.54 Å². The third-order valence-corrected chi connectivity index (χ3v) is 1.96. The molecule has 72 valence electrons. The summed E-state index contributed by atoms with van der Waals surface area (Å²) in [6.45, 7) is 9.74. The molecule has 0 fully saturated rings. The van der Waals surface area contributed by atoms with Crippen LogP contribution in [0.1, 0.15) is 40.5 Å². The van der Waals surface area contributed by atoms with Crippen LogP contribution in [-0.2, 0) is 0 Å². The summed E-state index contributed by atoms with van der Waals surface area (Å²) < 4.78 is 0. The van der Waals surface area contributed by atoms with Crippen LogP contribution in [0.4, 0.5) is 0 Å². The van der Waals surface area contributed by atoms with E-state index < -0.39 is 0 Å². The Balaban J connectivity index is 3.94. The maximum absolute atomic E-state index is 10.1. The normalized spacial score (nSPS) is 12.1. The first kappa shape index (κ1) is 11.6. The Morgan fingerprint density at radius 1 is 1.33 bits per heavy atom. The smallest absolute Gasteiger partial charge is 0.134 e. The predicted molar refractivity (Wildman–Crippen MR) is 52.0 cm³/mol. The van der Waals surface area contributed by atoms with E-state index in [1.165, 1.54) is 0 Å². The van der Waals surface area contributed by atoms with Crippen molar-refractivity contribution in [2.45, 2.75) is 46.1 Å². The SMILES string of the molecule is CCCCN(CN=O)C(C)(C)C. The van der Waals surface area contributed by atoms with Gasteiger partial charge in [-0.2, -0.15) is 0 Å². The van der Waals surface area contributed by atoms with Gasteiger partial charge in [0.25, 0.3) is 0 Å². The van der Waals surface area contributed by atoms with Gasteiger partial charge in [-0.25, -0.2) is 0 Å². The molecule has 0 radical (unpaired) electrons. The second kappa shape index (κ2) is 5.25. The molecule has 0 bridgehead atoms. The van der Waals surface area contributed by atoms with E-state index in [0.29, 0.717) is 6.67 Å². The lowest BCUT2D eigenvalue weighted by Gasteiger charge is -2.33. The molecule has 0 aromatic heterocycles. The lowest BCUT2D eigenvalue weighted by molar-refractivity contribution is 0.139. The summed E-state index contributed by atoms with van der Waals surface area (Å²) in [5.41, 5.74) is 0.0586. The summed E-state index contributed by atoms with van der Waals surface area (Å²) in [6, 6.07) is 0. The minimum atomic E-state index is 0.0586. The van der Waals surface area contributed by atoms with Crippen LogP contribution in [0.2, 0.25) is 0 Å². The van der Waals surface area contributed by atoms with Gasteiger partial charge in [0.05, 0.1) is 0 Å². The zero-order valence-corrected chi connectivity index (χ0v) is 8.63. The Hall–Kier alpha value is -0.440. The van der Waals surface area contributed by atoms with Gasteiger partial charge >= 0.3 is 0 Å². The van der Waals surface area contributed by atoms with E-state index in [1.54, 1.807) is 0 Å². The summed E-state index contributed by atoms with van der Waals surface area (Å²) in [5.74, 6) is 0. The lowest BCUT2D eigenvalue weighted by atomic mass is 10.1. The van der Waals surface area contributed by atoms with E-state index in [2.05, 4.69) is 37.8 Å². The van der Waals surface area contributed by atoms with Crippen LogP contribution in [0, 0.1) is 4.91 Å². The molecule has 0 aliphatic rings. The molecule has 0 N–H and O–H groups in total. The zero-order valence-electron chi connectivity index (χ0n) is 8.63. The maximum atomic E-state index is 10.1. The van der Waals surface area contributed by atoms with Crippen molar-refractivity contribution in [2.24, 2.45) is 5.18 Å². The summed E-state index contributed by atoms with van der Waals surface area (Å²) in [6.07, 6.45) is 2.29. The van der Waals surface area contributed by atoms with Crippen LogP contribution in [0.15, 0.2) is 5.18 Å². The van der Waals surface area contributed by atoms with E-state index in [4.69, 9.17) is 0 Å². The Labute approximate surface area is 75.1 Å². The summed E-state index contributed by atoms with van der Waals surface area (Å²) >= 11 is 0. The molecule has 0 aliphatic heterocycles. The fourth-order valence-electron chi connectivity index (χ4n) is 1.04. The number of nitroso groups, excluding NO2 is 1. The van der Waals surface area contributed by atoms with Crippen LogP contribution < -0.4 is 0 Å². The highest BCUT2D eigenvalue weighted by Crippen LogP contribution is 2.13. The van der Waals surface area contributed by atoms with Crippen molar-refractivity contribution in [2.75, 3.05) is 13.2 Å². The lowest BCUT2D eigenvalue weighted by Crippen LogP contribution is -2.41. The minimum absolute atomic E-state index is 0.0586. The van der Waals surface area contributed by atoms with Gasteiger partial charge in [0.2, 0.25) is 0 Å². The number of rotatable bonds is 5. The van der Waals surface area contributed by atoms with Gasteiger partial charge < -0.3 is 0 Å². The average molecular weight is 172 g/mol. The summed E-state index contributed by atoms with van der Waals surface area (Å²) in [4.78, 5) is 12.2. The first-order valence-corrected chi connectivity index (χ1v) is 4.56. The highest BCUT2D eigenvalue weighted by atomic mass is 16.3. The van der Waals surface area contributed by atoms with E-state index in [9.17, 15) is 4.91 Å². The topological polar surface area (TPSA) is 32.7 Å². The molecular formula is C9H20N2O. The molecule has 0 aliphatic carbocycles. The molecule has 0 saturated heterocycles. The molecule has 0 amide bonds. The third kappa shape index (κ3) is 4.44. The Kier molecular flexibility index (Phi) is 5.06. The van der Waals surface area contributed by atoms with Gasteiger partial charge in [0.15, 0.2) is 0 Å². The average Bonchev–Trinajstić information content (AvgIpc) is 1.95. The maximum Gasteiger partial charge on any atom is 0.134 e. The fourth-order valence-corrected chi connectivity index (χ4v) is 1.04. The van der Waals surface area contributed by atoms with Crippen LogP contribution in [0.25, 0.3) is 0 Å². The first-order valence-electron chi connectivity index (χ1n) is 4.56. The van der Waals surface area contributed by atoms with Crippen molar-refractivity contribution >= 4 is 0 Å². The van der Waals surface area contributed by atoms with Crippen molar-refractivity contribution in [1.29, 1.82) is 0 Å². The number of hydrogen-bond acceptors (Lipinski definition) is 3. The number of nitrogens with zero attached hydrogens (tertiary/aromatic N) is 2. The molecule has 0 heterocycles. The summed E-state index contributed by atoms with van der Waals surface area (Å²) in [5, 5.41) is 2.93. The van der Waals surface area contributed by atoms with Gasteiger partial charge in [0.1, 0.15) is 6.67 Å². The highest BCUT2D eigenvalue weighted by molar-refractivity contribution is 4.74. The van der Waals surface area contributed by atoms with Gasteiger partial charge in [-0.3, -0.25) is 4.90 Å². The second-order valence-electron chi connectivity index (χ2n) is 4.06. The standard InChI is InChI=1S/C9H20N2O/c1-5-6-7-11(8-10-12)9(2,3)4/h5-8H2,1-4H3. The number of unbranched alkanes of at least 4 members (excludes halogenated alkanes) is 1. The molecule has 3 heteroatoms. The molecule has 12 heavy (non-hydrogen) atoms. The van der Waals surface area contributed by atoms with Crippen molar-refractivity contribution < 1.29 is 0 Å². The molecule has 0 rings (SSSR count). The van der Waals surface area contributed by atoms with Gasteiger partial charge in [-0.05, 0) is 27.2 Å². The van der Waals surface area contributed by atoms with Gasteiger partial charge in [0, 0.05) is 12.1 Å². The molecule has 0 aromatic carbocycles. The van der Waals surface area contributed by atoms with Crippen molar-refractivity contribution in [3.05, 3.63) is 4.91 Å². The Morgan fingerprint density at radius 3 is 2.25 bits per heavy atom. The zero-order chi connectivity index (χ0) is 9.61. The van der Waals surface area contributed by atoms with E-state index in [1.807, 2.05) is 0 Å². The van der Waals surface area contributed by atoms with Crippen LogP contribution in [0.5, 0.6) is 0 Å². The molecule has 0 atom stereocenters. The van der Waals surface area contributed by atoms with Crippen LogP contribution in [-0.4, -0.2) is 23.7 Å². The quantitative estimate of drug-likeness (QED) is 0.597. The molecule has 3 nitrogen and oxygen atoms in total. The monoisotopic (exact) mass is 172 g/mol. The summed E-state index contributed by atoms with van der Waals surface area (Å²) in [7, 11) is 0. The van der Waals surface area contributed by atoms with Gasteiger partial charge in [-0.1, -0.05) is 18.5 Å². The largest absolute Gasteiger partial charge is 0.277 e. The molecule has 0 unspecified atom stereocenters. The van der Waals surface area contributed by atoms with E-state index >= 15 is 0 Å². The van der Waals surface area contributed by atoms with Crippen LogP contribution >= 0.6 is 0 Å². The Morgan fingerprint density at radius 2 is 1.92 bits per heavy atom. The molecule has 0 aromatic rings. The van der Waals surface area contributed by atoms with Crippen molar-refractivity contribution in [3.8, 4) is 0 Å². The fraction of sp³-hybridized carbons (Fsp3) is 1.00. The number of hydrogen-bond donors (Lipinski definition) is 0. The van der Waals surface area contributed by atoms with Crippen molar-refractivity contribution in [1.82, 2.24) is 4.90 Å². The first-order chi connectivity index (χ1) is 5.52.